The number of hydrogen-bond acceptors (Lipinski definition) is 6. The third kappa shape index (κ3) is 4.99. The molecule has 1 heterocycles. The molecule has 0 saturated carbocycles. The lowest BCUT2D eigenvalue weighted by atomic mass is 9.80. The zero-order valence-electron chi connectivity index (χ0n) is 13.6. The number of rotatable bonds is 9. The van der Waals surface area contributed by atoms with Gasteiger partial charge in [0.2, 0.25) is 0 Å². The quantitative estimate of drug-likeness (QED) is 0.461. The van der Waals surface area contributed by atoms with Crippen LogP contribution in [0.4, 0.5) is 0 Å². The van der Waals surface area contributed by atoms with Gasteiger partial charge in [0.25, 0.3) is 0 Å². The fourth-order valence-electron chi connectivity index (χ4n) is 2.63. The molecule has 0 aromatic heterocycles. The highest BCUT2D eigenvalue weighted by molar-refractivity contribution is 5.90. The van der Waals surface area contributed by atoms with Crippen LogP contribution in [0.15, 0.2) is 0 Å². The number of unbranched alkanes of at least 4 members (excludes halogenated alkanes) is 3. The normalized spacial score (nSPS) is 32.4. The Bertz CT molecular complexity index is 349. The second kappa shape index (κ2) is 8.93. The molecule has 1 aliphatic rings. The lowest BCUT2D eigenvalue weighted by Gasteiger charge is -2.42. The number of nitrogens with two attached hydrogens (primary N) is 1. The Morgan fingerprint density at radius 1 is 1.27 bits per heavy atom. The minimum atomic E-state index is -1.71. The molecule has 22 heavy (non-hydrogen) atoms. The Morgan fingerprint density at radius 2 is 1.91 bits per heavy atom. The van der Waals surface area contributed by atoms with Gasteiger partial charge in [0.1, 0.15) is 30.5 Å². The average molecular weight is 316 g/mol. The van der Waals surface area contributed by atoms with Gasteiger partial charge in [-0.15, -0.1) is 0 Å². The summed E-state index contributed by atoms with van der Waals surface area (Å²) in [6.07, 6.45) is 1.49. The maximum absolute atomic E-state index is 12.2. The van der Waals surface area contributed by atoms with Crippen molar-refractivity contribution in [2.75, 3.05) is 6.61 Å². The van der Waals surface area contributed by atoms with Gasteiger partial charge in [0, 0.05) is 6.42 Å². The third-order valence-electron chi connectivity index (χ3n) is 4.23. The van der Waals surface area contributed by atoms with Crippen LogP contribution in [0.1, 0.15) is 52.4 Å². The molecule has 0 amide bonds. The molecule has 6 nitrogen and oxygen atoms in total. The molecule has 0 spiro atoms. The summed E-state index contributed by atoms with van der Waals surface area (Å²) in [5.74, 6) is 0.346. The van der Waals surface area contributed by atoms with Crippen LogP contribution in [-0.4, -0.2) is 51.6 Å². The summed E-state index contributed by atoms with van der Waals surface area (Å²) in [5.41, 5.74) is 4.21. The monoisotopic (exact) mass is 316 g/mol. The number of aliphatic hydroxyl groups is 3. The van der Waals surface area contributed by atoms with Crippen molar-refractivity contribution in [3.63, 3.8) is 0 Å². The van der Waals surface area contributed by atoms with Crippen LogP contribution in [0, 0.1) is 12.5 Å². The van der Waals surface area contributed by atoms with Gasteiger partial charge < -0.3 is 25.8 Å². The molecule has 0 aromatic carbocycles. The number of aliphatic hydroxyl groups excluding tert-OH is 3. The molecular formula is C16H30NO5. The molecule has 4 atom stereocenters. The van der Waals surface area contributed by atoms with Gasteiger partial charge in [-0.25, -0.2) is 0 Å². The zero-order chi connectivity index (χ0) is 16.8. The van der Waals surface area contributed by atoms with E-state index in [4.69, 9.17) is 15.6 Å². The van der Waals surface area contributed by atoms with Gasteiger partial charge in [-0.05, 0) is 12.3 Å². The van der Waals surface area contributed by atoms with Crippen LogP contribution >= 0.6 is 0 Å². The summed E-state index contributed by atoms with van der Waals surface area (Å²) >= 11 is 0. The lowest BCUT2D eigenvalue weighted by Crippen LogP contribution is -2.68. The number of carbonyl (C=O) groups excluding carboxylic acids is 1. The Balaban J connectivity index is 2.37. The van der Waals surface area contributed by atoms with Gasteiger partial charge in [0.05, 0.1) is 6.61 Å². The maximum atomic E-state index is 12.2. The van der Waals surface area contributed by atoms with E-state index in [2.05, 4.69) is 13.8 Å². The van der Waals surface area contributed by atoms with E-state index >= 15 is 0 Å². The van der Waals surface area contributed by atoms with Crippen molar-refractivity contribution in [3.05, 3.63) is 6.61 Å². The molecule has 1 saturated heterocycles. The second-order valence-corrected chi connectivity index (χ2v) is 6.61. The number of ether oxygens (including phenoxy) is 1. The predicted octanol–water partition coefficient (Wildman–Crippen LogP) is 0.524. The summed E-state index contributed by atoms with van der Waals surface area (Å²) in [6.45, 7) is 4.99. The minimum Gasteiger partial charge on any atom is -0.394 e. The van der Waals surface area contributed by atoms with Crippen molar-refractivity contribution in [1.82, 2.24) is 0 Å². The number of hydrogen-bond donors (Lipinski definition) is 4. The number of Topliss-reactive ketones (excluding diaryl/α,β-unsaturated/α-hetero) is 1. The van der Waals surface area contributed by atoms with Gasteiger partial charge >= 0.3 is 0 Å². The van der Waals surface area contributed by atoms with E-state index < -0.39 is 30.5 Å². The van der Waals surface area contributed by atoms with Crippen LogP contribution in [0.2, 0.25) is 0 Å². The topological polar surface area (TPSA) is 113 Å². The zero-order valence-corrected chi connectivity index (χ0v) is 13.6. The minimum absolute atomic E-state index is 0.242. The van der Waals surface area contributed by atoms with Crippen LogP contribution < -0.4 is 5.73 Å². The van der Waals surface area contributed by atoms with Crippen molar-refractivity contribution < 1.29 is 24.9 Å². The van der Waals surface area contributed by atoms with Crippen LogP contribution in [0.5, 0.6) is 0 Å². The third-order valence-corrected chi connectivity index (χ3v) is 4.23. The Kier molecular flexibility index (Phi) is 7.93. The first-order valence-corrected chi connectivity index (χ1v) is 8.12. The standard InChI is InChI=1S/C16H30NO5/c1-11(2)7-5-3-4-6-8-13(19)16(17)10-22-12(9-18)14(20)15(16)21/h10-12,14-15,18,20-21H,3-9,17H2,1-2H3/t12-,14-,15+,16-/m1/s1. The van der Waals surface area contributed by atoms with Gasteiger partial charge in [-0.2, -0.15) is 0 Å². The van der Waals surface area contributed by atoms with Crippen LogP contribution in [-0.2, 0) is 9.53 Å². The lowest BCUT2D eigenvalue weighted by molar-refractivity contribution is -0.167. The van der Waals surface area contributed by atoms with E-state index in [1.807, 2.05) is 0 Å². The molecule has 129 valence electrons. The van der Waals surface area contributed by atoms with Gasteiger partial charge in [0.15, 0.2) is 5.78 Å². The Hall–Kier alpha value is -0.530. The van der Waals surface area contributed by atoms with E-state index in [0.29, 0.717) is 12.3 Å². The Labute approximate surface area is 132 Å². The summed E-state index contributed by atoms with van der Waals surface area (Å²) in [5, 5.41) is 28.9. The van der Waals surface area contributed by atoms with Crippen molar-refractivity contribution in [2.45, 2.75) is 76.2 Å². The Morgan fingerprint density at radius 3 is 2.50 bits per heavy atom. The summed E-state index contributed by atoms with van der Waals surface area (Å²) < 4.78 is 5.09. The molecule has 1 rings (SSSR count). The SMILES string of the molecule is CC(C)CCCCCCC(=O)[C@]1(N)[CH]O[C@H](CO)[C@@H](O)[C@@H]1O. The first-order valence-electron chi connectivity index (χ1n) is 8.12. The van der Waals surface area contributed by atoms with Crippen LogP contribution in [0.3, 0.4) is 0 Å². The van der Waals surface area contributed by atoms with E-state index in [0.717, 1.165) is 25.9 Å². The summed E-state index contributed by atoms with van der Waals surface area (Å²) in [7, 11) is 0. The van der Waals surface area contributed by atoms with Crippen molar-refractivity contribution in [3.8, 4) is 0 Å². The molecule has 1 fully saturated rings. The highest BCUT2D eigenvalue weighted by atomic mass is 16.5. The summed E-state index contributed by atoms with van der Waals surface area (Å²) in [6, 6.07) is 0. The number of carbonyl (C=O) groups is 1. The first kappa shape index (κ1) is 19.5. The smallest absolute Gasteiger partial charge is 0.158 e. The van der Waals surface area contributed by atoms with Crippen LogP contribution in [0.25, 0.3) is 0 Å². The fourth-order valence-corrected chi connectivity index (χ4v) is 2.63. The number of ketones is 1. The molecule has 1 aliphatic heterocycles. The van der Waals surface area contributed by atoms with Crippen molar-refractivity contribution >= 4 is 5.78 Å². The average Bonchev–Trinajstić information content (AvgIpc) is 2.48. The molecular weight excluding hydrogens is 286 g/mol. The highest BCUT2D eigenvalue weighted by Gasteiger charge is 2.51. The van der Waals surface area contributed by atoms with E-state index in [1.165, 1.54) is 6.42 Å². The van der Waals surface area contributed by atoms with Crippen molar-refractivity contribution in [2.24, 2.45) is 11.7 Å². The molecule has 0 unspecified atom stereocenters. The van der Waals surface area contributed by atoms with E-state index in [1.54, 1.807) is 0 Å². The molecule has 6 heteroatoms. The van der Waals surface area contributed by atoms with E-state index in [9.17, 15) is 15.0 Å². The maximum Gasteiger partial charge on any atom is 0.158 e. The molecule has 0 aromatic rings. The molecule has 0 bridgehead atoms. The van der Waals surface area contributed by atoms with Gasteiger partial charge in [-0.1, -0.05) is 39.5 Å². The van der Waals surface area contributed by atoms with Gasteiger partial charge in [-0.3, -0.25) is 4.79 Å². The highest BCUT2D eigenvalue weighted by Crippen LogP contribution is 2.28. The molecule has 1 radical (unpaired) electrons. The molecule has 5 N–H and O–H groups in total. The fraction of sp³-hybridized carbons (Fsp3) is 0.875. The van der Waals surface area contributed by atoms with Crippen molar-refractivity contribution in [1.29, 1.82) is 0 Å². The van der Waals surface area contributed by atoms with E-state index in [-0.39, 0.29) is 12.2 Å². The summed E-state index contributed by atoms with van der Waals surface area (Å²) in [4.78, 5) is 12.2. The largest absolute Gasteiger partial charge is 0.394 e. The first-order chi connectivity index (χ1) is 10.3. The molecule has 0 aliphatic carbocycles. The second-order valence-electron chi connectivity index (χ2n) is 6.61. The predicted molar refractivity (Wildman–Crippen MR) is 82.7 cm³/mol.